The Hall–Kier alpha value is -2.53. The van der Waals surface area contributed by atoms with Gasteiger partial charge in [0.15, 0.2) is 0 Å². The first-order valence-corrected chi connectivity index (χ1v) is 11.0. The summed E-state index contributed by atoms with van der Waals surface area (Å²) >= 11 is 0. The molecule has 2 aliphatic heterocycles. The van der Waals surface area contributed by atoms with Crippen molar-refractivity contribution < 1.29 is 37.0 Å². The summed E-state index contributed by atoms with van der Waals surface area (Å²) < 4.78 is 54.4. The number of amides is 3. The molecule has 2 heterocycles. The van der Waals surface area contributed by atoms with Gasteiger partial charge in [-0.25, -0.2) is 9.59 Å². The largest absolute Gasteiger partial charge is 0.449 e. The van der Waals surface area contributed by atoms with Gasteiger partial charge in [0.1, 0.15) is 0 Å². The van der Waals surface area contributed by atoms with Gasteiger partial charge in [-0.15, -0.1) is 0 Å². The van der Waals surface area contributed by atoms with Gasteiger partial charge in [0, 0.05) is 51.7 Å². The highest BCUT2D eigenvalue weighted by molar-refractivity contribution is 5.75. The Labute approximate surface area is 190 Å². The zero-order valence-electron chi connectivity index (χ0n) is 18.6. The summed E-state index contributed by atoms with van der Waals surface area (Å²) in [4.78, 5) is 28.4. The van der Waals surface area contributed by atoms with Crippen LogP contribution in [0.25, 0.3) is 0 Å². The number of carbonyl (C=O) groups is 2. The maximum absolute atomic E-state index is 13.1. The lowest BCUT2D eigenvalue weighted by Crippen LogP contribution is -2.53. The third-order valence-corrected chi connectivity index (χ3v) is 5.82. The van der Waals surface area contributed by atoms with Crippen LogP contribution in [0.1, 0.15) is 23.5 Å². The van der Waals surface area contributed by atoms with Crippen LogP contribution in [0.2, 0.25) is 0 Å². The minimum atomic E-state index is -4.41. The number of methoxy groups -OCH3 is 1. The predicted octanol–water partition coefficient (Wildman–Crippen LogP) is 2.94. The van der Waals surface area contributed by atoms with Crippen molar-refractivity contribution in [2.24, 2.45) is 5.92 Å². The Kier molecular flexibility index (Phi) is 8.79. The maximum atomic E-state index is 13.1. The number of rotatable bonds is 6. The number of hydrogen-bond acceptors (Lipinski definition) is 5. The van der Waals surface area contributed by atoms with Crippen molar-refractivity contribution in [3.8, 4) is 0 Å². The van der Waals surface area contributed by atoms with E-state index in [0.29, 0.717) is 59.0 Å². The van der Waals surface area contributed by atoms with Gasteiger partial charge < -0.3 is 29.3 Å². The molecule has 2 fully saturated rings. The molecule has 2 unspecified atom stereocenters. The second-order valence-corrected chi connectivity index (χ2v) is 8.22. The number of morpholine rings is 1. The predicted molar refractivity (Wildman–Crippen MR) is 113 cm³/mol. The number of hydrogen-bond donors (Lipinski definition) is 1. The van der Waals surface area contributed by atoms with E-state index in [9.17, 15) is 22.8 Å². The second kappa shape index (κ2) is 11.6. The average Bonchev–Trinajstić information content (AvgIpc) is 2.82. The molecular formula is C22H30F3N3O5. The van der Waals surface area contributed by atoms with Gasteiger partial charge in [-0.3, -0.25) is 0 Å². The fourth-order valence-electron chi connectivity index (χ4n) is 4.12. The van der Waals surface area contributed by atoms with Crippen LogP contribution >= 0.6 is 0 Å². The Bertz CT molecular complexity index is 784. The molecule has 2 atom stereocenters. The Balaban J connectivity index is 1.69. The molecular weight excluding hydrogens is 443 g/mol. The van der Waals surface area contributed by atoms with Crippen LogP contribution in [0.15, 0.2) is 24.3 Å². The third-order valence-electron chi connectivity index (χ3n) is 5.82. The Morgan fingerprint density at radius 1 is 1.12 bits per heavy atom. The van der Waals surface area contributed by atoms with Gasteiger partial charge in [0.2, 0.25) is 0 Å². The lowest BCUT2D eigenvalue weighted by molar-refractivity contribution is -0.137. The molecule has 0 radical (unpaired) electrons. The Morgan fingerprint density at radius 2 is 1.82 bits per heavy atom. The molecule has 0 aromatic heterocycles. The normalized spacial score (nSPS) is 21.6. The number of alkyl halides is 3. The number of alkyl carbamates (subject to hydrolysis) is 1. The van der Waals surface area contributed by atoms with Crippen molar-refractivity contribution in [2.75, 3.05) is 66.3 Å². The van der Waals surface area contributed by atoms with E-state index in [0.717, 1.165) is 17.7 Å². The summed E-state index contributed by atoms with van der Waals surface area (Å²) in [5, 5.41) is 2.58. The maximum Gasteiger partial charge on any atom is 0.416 e. The summed E-state index contributed by atoms with van der Waals surface area (Å²) in [6, 6.07) is 4.92. The van der Waals surface area contributed by atoms with E-state index in [4.69, 9.17) is 14.2 Å². The molecule has 0 aliphatic carbocycles. The molecule has 2 aliphatic rings. The Morgan fingerprint density at radius 3 is 2.45 bits per heavy atom. The number of likely N-dealkylation sites (tertiary alicyclic amines) is 1. The SMILES string of the molecule is COCCNC(=O)OCC1CC(c2ccc(C(F)(F)F)cc2)CN(C(=O)N2CCOCC2)C1. The van der Waals surface area contributed by atoms with E-state index in [2.05, 4.69) is 5.32 Å². The molecule has 0 saturated carbocycles. The van der Waals surface area contributed by atoms with Gasteiger partial charge in [-0.05, 0) is 24.1 Å². The highest BCUT2D eigenvalue weighted by Crippen LogP contribution is 2.34. The summed E-state index contributed by atoms with van der Waals surface area (Å²) in [7, 11) is 1.52. The zero-order chi connectivity index (χ0) is 23.8. The van der Waals surface area contributed by atoms with Gasteiger partial charge in [-0.2, -0.15) is 13.2 Å². The van der Waals surface area contributed by atoms with E-state index in [1.54, 1.807) is 9.80 Å². The van der Waals surface area contributed by atoms with Gasteiger partial charge in [-0.1, -0.05) is 12.1 Å². The highest BCUT2D eigenvalue weighted by atomic mass is 19.4. The number of urea groups is 1. The van der Waals surface area contributed by atoms with Crippen LogP contribution in [0, 0.1) is 5.92 Å². The van der Waals surface area contributed by atoms with Gasteiger partial charge in [0.25, 0.3) is 0 Å². The fourth-order valence-corrected chi connectivity index (χ4v) is 4.12. The van der Waals surface area contributed by atoms with Crippen LogP contribution in [-0.4, -0.2) is 88.2 Å². The summed E-state index contributed by atoms with van der Waals surface area (Å²) in [5.74, 6) is -0.319. The van der Waals surface area contributed by atoms with Crippen LogP contribution in [0.4, 0.5) is 22.8 Å². The van der Waals surface area contributed by atoms with Crippen LogP contribution < -0.4 is 5.32 Å². The van der Waals surface area contributed by atoms with Crippen molar-refractivity contribution in [3.63, 3.8) is 0 Å². The highest BCUT2D eigenvalue weighted by Gasteiger charge is 2.35. The summed E-state index contributed by atoms with van der Waals surface area (Å²) in [6.45, 7) is 3.48. The van der Waals surface area contributed by atoms with E-state index in [-0.39, 0.29) is 24.5 Å². The molecule has 0 bridgehead atoms. The molecule has 1 N–H and O–H groups in total. The van der Waals surface area contributed by atoms with Crippen LogP contribution in [0.3, 0.4) is 0 Å². The monoisotopic (exact) mass is 473 g/mol. The first kappa shape index (κ1) is 25.1. The number of ether oxygens (including phenoxy) is 3. The minimum Gasteiger partial charge on any atom is -0.449 e. The number of nitrogens with one attached hydrogen (secondary N) is 1. The number of carbonyl (C=O) groups excluding carboxylic acids is 2. The van der Waals surface area contributed by atoms with E-state index in [1.165, 1.54) is 19.2 Å². The molecule has 3 rings (SSSR count). The zero-order valence-corrected chi connectivity index (χ0v) is 18.6. The third kappa shape index (κ3) is 7.23. The number of halogens is 3. The molecule has 11 heteroatoms. The molecule has 2 saturated heterocycles. The van der Waals surface area contributed by atoms with E-state index in [1.807, 2.05) is 0 Å². The molecule has 1 aromatic rings. The van der Waals surface area contributed by atoms with Crippen molar-refractivity contribution in [1.29, 1.82) is 0 Å². The van der Waals surface area contributed by atoms with Crippen molar-refractivity contribution in [1.82, 2.24) is 15.1 Å². The van der Waals surface area contributed by atoms with E-state index >= 15 is 0 Å². The first-order chi connectivity index (χ1) is 15.8. The molecule has 184 valence electrons. The van der Waals surface area contributed by atoms with Crippen molar-refractivity contribution in [2.45, 2.75) is 18.5 Å². The topological polar surface area (TPSA) is 80.3 Å². The fraction of sp³-hybridized carbons (Fsp3) is 0.636. The van der Waals surface area contributed by atoms with E-state index < -0.39 is 17.8 Å². The quantitative estimate of drug-likeness (QED) is 0.643. The number of benzene rings is 1. The van der Waals surface area contributed by atoms with Gasteiger partial charge in [0.05, 0.1) is 32.0 Å². The molecule has 0 spiro atoms. The lowest BCUT2D eigenvalue weighted by atomic mass is 9.84. The lowest BCUT2D eigenvalue weighted by Gasteiger charge is -2.41. The molecule has 33 heavy (non-hydrogen) atoms. The molecule has 3 amide bonds. The smallest absolute Gasteiger partial charge is 0.416 e. The molecule has 1 aromatic carbocycles. The van der Waals surface area contributed by atoms with Crippen LogP contribution in [0.5, 0.6) is 0 Å². The summed E-state index contributed by atoms with van der Waals surface area (Å²) in [6.07, 6.45) is -4.39. The first-order valence-electron chi connectivity index (χ1n) is 11.0. The number of nitrogens with zero attached hydrogens (tertiary/aromatic N) is 2. The summed E-state index contributed by atoms with van der Waals surface area (Å²) in [5.41, 5.74) is 0.00736. The second-order valence-electron chi connectivity index (χ2n) is 8.22. The minimum absolute atomic E-state index is 0.100. The number of piperidine rings is 1. The molecule has 8 nitrogen and oxygen atoms in total. The van der Waals surface area contributed by atoms with Crippen molar-refractivity contribution >= 4 is 12.1 Å². The van der Waals surface area contributed by atoms with Crippen molar-refractivity contribution in [3.05, 3.63) is 35.4 Å². The van der Waals surface area contributed by atoms with Crippen LogP contribution in [-0.2, 0) is 20.4 Å². The van der Waals surface area contributed by atoms with Gasteiger partial charge >= 0.3 is 18.3 Å². The average molecular weight is 473 g/mol. The standard InChI is InChI=1S/C22H30F3N3O5/c1-31-9-6-26-20(29)33-15-16-12-18(17-2-4-19(5-3-17)22(23,24)25)14-28(13-16)21(30)27-7-10-32-11-8-27/h2-5,16,18H,6-15H2,1H3,(H,26,29).